The van der Waals surface area contributed by atoms with E-state index in [9.17, 15) is 10.5 Å². The Hall–Kier alpha value is -3.49. The van der Waals surface area contributed by atoms with Crippen LogP contribution in [0.1, 0.15) is 30.0 Å². The summed E-state index contributed by atoms with van der Waals surface area (Å²) in [5.41, 5.74) is 15.3. The fraction of sp³-hybridized carbons (Fsp3) is 0.118. The first kappa shape index (κ1) is 13.5. The molecule has 0 spiro atoms. The SMILES string of the molecule is CCC1=CC=C=C=C1c1c(C#N)c(N)n2nccc2c1C#N. The molecule has 5 heteroatoms. The molecule has 2 aromatic rings. The van der Waals surface area contributed by atoms with Crippen LogP contribution in [0, 0.1) is 22.7 Å². The van der Waals surface area contributed by atoms with Gasteiger partial charge in [-0.15, -0.1) is 0 Å². The van der Waals surface area contributed by atoms with E-state index in [1.54, 1.807) is 18.3 Å². The van der Waals surface area contributed by atoms with Crippen molar-refractivity contribution in [3.05, 3.63) is 58.1 Å². The second kappa shape index (κ2) is 5.13. The van der Waals surface area contributed by atoms with Gasteiger partial charge in [-0.3, -0.25) is 0 Å². The minimum atomic E-state index is 0.218. The fourth-order valence-electron chi connectivity index (χ4n) is 2.59. The lowest BCUT2D eigenvalue weighted by atomic mass is 9.89. The summed E-state index contributed by atoms with van der Waals surface area (Å²) in [5.74, 6) is 0.218. The molecule has 0 saturated heterocycles. The molecule has 0 unspecified atom stereocenters. The van der Waals surface area contributed by atoms with Crippen LogP contribution in [-0.4, -0.2) is 9.61 Å². The minimum Gasteiger partial charge on any atom is -0.383 e. The molecule has 0 amide bonds. The topological polar surface area (TPSA) is 90.9 Å². The van der Waals surface area contributed by atoms with E-state index < -0.39 is 0 Å². The van der Waals surface area contributed by atoms with Gasteiger partial charge in [-0.1, -0.05) is 18.4 Å². The number of hydrogen-bond donors (Lipinski definition) is 1. The third-order valence-corrected chi connectivity index (χ3v) is 3.62. The van der Waals surface area contributed by atoms with Crippen molar-refractivity contribution in [2.45, 2.75) is 13.3 Å². The number of nitrogens with two attached hydrogens (primary N) is 1. The predicted molar refractivity (Wildman–Crippen MR) is 82.4 cm³/mol. The van der Waals surface area contributed by atoms with Crippen molar-refractivity contribution in [1.29, 1.82) is 10.5 Å². The highest BCUT2D eigenvalue weighted by Gasteiger charge is 2.23. The van der Waals surface area contributed by atoms with Gasteiger partial charge in [-0.2, -0.15) is 15.6 Å². The molecule has 2 heterocycles. The first-order valence-corrected chi connectivity index (χ1v) is 6.73. The third kappa shape index (κ3) is 1.76. The van der Waals surface area contributed by atoms with Crippen molar-refractivity contribution in [1.82, 2.24) is 9.61 Å². The summed E-state index contributed by atoms with van der Waals surface area (Å²) in [7, 11) is 0. The Morgan fingerprint density at radius 2 is 2.09 bits per heavy atom. The standard InChI is InChI=1S/C17H11N5/c1-2-11-5-3-4-6-12(11)16-13(9-18)15-7-8-21-22(15)17(20)14(16)10-19/h3,5,7-8H,2,20H2,1H3. The molecule has 0 fully saturated rings. The van der Waals surface area contributed by atoms with Crippen molar-refractivity contribution >= 4 is 16.9 Å². The van der Waals surface area contributed by atoms with E-state index in [1.807, 2.05) is 13.0 Å². The van der Waals surface area contributed by atoms with Crippen LogP contribution in [0.3, 0.4) is 0 Å². The highest BCUT2D eigenvalue weighted by atomic mass is 15.2. The summed E-state index contributed by atoms with van der Waals surface area (Å²) in [5, 5.41) is 23.2. The molecule has 3 rings (SSSR count). The summed E-state index contributed by atoms with van der Waals surface area (Å²) in [4.78, 5) is 0. The molecule has 0 radical (unpaired) electrons. The van der Waals surface area contributed by atoms with Crippen LogP contribution < -0.4 is 5.73 Å². The van der Waals surface area contributed by atoms with Crippen molar-refractivity contribution < 1.29 is 0 Å². The Morgan fingerprint density at radius 1 is 1.32 bits per heavy atom. The summed E-state index contributed by atoms with van der Waals surface area (Å²) < 4.78 is 1.42. The summed E-state index contributed by atoms with van der Waals surface area (Å²) in [6.45, 7) is 2.01. The number of nitrogens with zero attached hydrogens (tertiary/aromatic N) is 4. The maximum absolute atomic E-state index is 9.61. The molecule has 2 N–H and O–H groups in total. The highest BCUT2D eigenvalue weighted by Crippen LogP contribution is 2.35. The summed E-state index contributed by atoms with van der Waals surface area (Å²) in [6.07, 6.45) is 5.98. The number of hydrogen-bond acceptors (Lipinski definition) is 4. The molecule has 0 aromatic carbocycles. The first-order valence-electron chi connectivity index (χ1n) is 6.73. The van der Waals surface area contributed by atoms with Crippen LogP contribution in [0.5, 0.6) is 0 Å². The predicted octanol–water partition coefficient (Wildman–Crippen LogP) is 2.70. The van der Waals surface area contributed by atoms with Gasteiger partial charge < -0.3 is 5.73 Å². The quantitative estimate of drug-likeness (QED) is 0.859. The van der Waals surface area contributed by atoms with Crippen molar-refractivity contribution in [2.24, 2.45) is 0 Å². The van der Waals surface area contributed by atoms with E-state index in [4.69, 9.17) is 5.73 Å². The van der Waals surface area contributed by atoms with E-state index >= 15 is 0 Å². The van der Waals surface area contributed by atoms with Gasteiger partial charge in [0.05, 0.1) is 17.3 Å². The second-order valence-electron chi connectivity index (χ2n) is 4.72. The van der Waals surface area contributed by atoms with Gasteiger partial charge >= 0.3 is 0 Å². The zero-order chi connectivity index (χ0) is 15.7. The van der Waals surface area contributed by atoms with Gasteiger partial charge in [-0.05, 0) is 30.2 Å². The summed E-state index contributed by atoms with van der Waals surface area (Å²) in [6, 6.07) is 5.98. The Balaban J connectivity index is 2.52. The van der Waals surface area contributed by atoms with Gasteiger partial charge in [-0.25, -0.2) is 4.52 Å². The Bertz CT molecular complexity index is 1010. The normalized spacial score (nSPS) is 12.7. The molecule has 104 valence electrons. The summed E-state index contributed by atoms with van der Waals surface area (Å²) >= 11 is 0. The van der Waals surface area contributed by atoms with Gasteiger partial charge in [0.15, 0.2) is 0 Å². The molecule has 5 nitrogen and oxygen atoms in total. The zero-order valence-corrected chi connectivity index (χ0v) is 11.9. The molecular formula is C17H11N5. The second-order valence-corrected chi connectivity index (χ2v) is 4.72. The lowest BCUT2D eigenvalue weighted by Gasteiger charge is -2.15. The first-order chi connectivity index (χ1) is 10.7. The Labute approximate surface area is 127 Å². The lowest BCUT2D eigenvalue weighted by molar-refractivity contribution is 0.966. The number of pyridine rings is 1. The maximum Gasteiger partial charge on any atom is 0.144 e. The van der Waals surface area contributed by atoms with Gasteiger partial charge in [0.1, 0.15) is 23.5 Å². The monoisotopic (exact) mass is 285 g/mol. The molecule has 1 aliphatic carbocycles. The minimum absolute atomic E-state index is 0.218. The molecule has 0 aliphatic heterocycles. The van der Waals surface area contributed by atoms with Gasteiger partial charge in [0, 0.05) is 11.1 Å². The number of allylic oxidation sites excluding steroid dienone is 4. The molecular weight excluding hydrogens is 274 g/mol. The highest BCUT2D eigenvalue weighted by molar-refractivity contribution is 5.91. The van der Waals surface area contributed by atoms with E-state index in [2.05, 4.69) is 28.7 Å². The smallest absolute Gasteiger partial charge is 0.144 e. The van der Waals surface area contributed by atoms with Gasteiger partial charge in [0.2, 0.25) is 0 Å². The molecule has 22 heavy (non-hydrogen) atoms. The van der Waals surface area contributed by atoms with Crippen LogP contribution in [0.4, 0.5) is 5.82 Å². The number of rotatable bonds is 2. The van der Waals surface area contributed by atoms with Crippen molar-refractivity contribution in [3.63, 3.8) is 0 Å². The van der Waals surface area contributed by atoms with Gasteiger partial charge in [0.25, 0.3) is 0 Å². The molecule has 0 atom stereocenters. The van der Waals surface area contributed by atoms with E-state index in [-0.39, 0.29) is 11.4 Å². The van der Waals surface area contributed by atoms with E-state index in [0.29, 0.717) is 22.2 Å². The van der Waals surface area contributed by atoms with Crippen LogP contribution in [0.2, 0.25) is 0 Å². The van der Waals surface area contributed by atoms with Crippen molar-refractivity contribution in [3.8, 4) is 12.1 Å². The van der Waals surface area contributed by atoms with Crippen LogP contribution >= 0.6 is 0 Å². The van der Waals surface area contributed by atoms with Crippen molar-refractivity contribution in [2.75, 3.05) is 5.73 Å². The molecule has 0 saturated carbocycles. The number of anilines is 1. The van der Waals surface area contributed by atoms with Crippen LogP contribution in [0.15, 0.2) is 41.5 Å². The average Bonchev–Trinajstić information content (AvgIpc) is 3.04. The number of aromatic nitrogens is 2. The molecule has 0 bridgehead atoms. The lowest BCUT2D eigenvalue weighted by Crippen LogP contribution is -2.08. The Morgan fingerprint density at radius 3 is 2.77 bits per heavy atom. The van der Waals surface area contributed by atoms with E-state index in [1.165, 1.54) is 4.52 Å². The maximum atomic E-state index is 9.61. The zero-order valence-electron chi connectivity index (χ0n) is 11.9. The van der Waals surface area contributed by atoms with E-state index in [0.717, 1.165) is 12.0 Å². The van der Waals surface area contributed by atoms with Crippen LogP contribution in [0.25, 0.3) is 11.1 Å². The molecule has 2 aromatic heterocycles. The largest absolute Gasteiger partial charge is 0.383 e. The number of nitriles is 2. The fourth-order valence-corrected chi connectivity index (χ4v) is 2.59. The molecule has 1 aliphatic rings. The third-order valence-electron chi connectivity index (χ3n) is 3.62. The Kier molecular flexibility index (Phi) is 3.14. The number of fused-ring (bicyclic) bond motifs is 1. The number of nitrogen functional groups attached to an aromatic ring is 1. The average molecular weight is 285 g/mol. The van der Waals surface area contributed by atoms with Crippen LogP contribution in [-0.2, 0) is 0 Å².